The molecule has 0 N–H and O–H groups in total. The van der Waals surface area contributed by atoms with Crippen LogP contribution in [0.25, 0.3) is 5.78 Å². The van der Waals surface area contributed by atoms with Gasteiger partial charge in [0.25, 0.3) is 11.6 Å². The summed E-state index contributed by atoms with van der Waals surface area (Å²) in [5.74, 6) is -1.45. The minimum atomic E-state index is -4.66. The predicted octanol–water partition coefficient (Wildman–Crippen LogP) is 3.30. The molecule has 0 atom stereocenters. The Kier molecular flexibility index (Phi) is 6.09. The van der Waals surface area contributed by atoms with Gasteiger partial charge in [-0.15, -0.1) is 5.10 Å². The summed E-state index contributed by atoms with van der Waals surface area (Å²) >= 11 is 5.93. The molecular formula is C21H22ClF3N6O. The quantitative estimate of drug-likeness (QED) is 0.590. The van der Waals surface area contributed by atoms with E-state index in [1.807, 2.05) is 24.3 Å². The smallest absolute Gasteiger partial charge is 0.340 e. The van der Waals surface area contributed by atoms with Gasteiger partial charge in [0.05, 0.1) is 6.42 Å². The highest BCUT2D eigenvalue weighted by molar-refractivity contribution is 6.30. The Morgan fingerprint density at radius 1 is 1.06 bits per heavy atom. The second kappa shape index (κ2) is 8.67. The highest BCUT2D eigenvalue weighted by atomic mass is 35.5. The summed E-state index contributed by atoms with van der Waals surface area (Å²) in [4.78, 5) is 24.6. The molecular weight excluding hydrogens is 445 g/mol. The second-order valence-electron chi connectivity index (χ2n) is 7.87. The monoisotopic (exact) mass is 466 g/mol. The first-order chi connectivity index (χ1) is 15.1. The number of amides is 1. The highest BCUT2D eigenvalue weighted by Crippen LogP contribution is 2.27. The Bertz CT molecular complexity index is 1140. The fourth-order valence-electron chi connectivity index (χ4n) is 3.85. The Balaban J connectivity index is 1.42. The third kappa shape index (κ3) is 4.71. The first-order valence-electron chi connectivity index (χ1n) is 10.2. The van der Waals surface area contributed by atoms with E-state index in [0.717, 1.165) is 29.7 Å². The van der Waals surface area contributed by atoms with Gasteiger partial charge < -0.3 is 4.90 Å². The number of alkyl halides is 3. The summed E-state index contributed by atoms with van der Waals surface area (Å²) < 4.78 is 39.9. The van der Waals surface area contributed by atoms with E-state index in [4.69, 9.17) is 11.6 Å². The van der Waals surface area contributed by atoms with E-state index in [9.17, 15) is 18.0 Å². The molecule has 1 fully saturated rings. The first kappa shape index (κ1) is 22.5. The van der Waals surface area contributed by atoms with Crippen LogP contribution in [0.2, 0.25) is 5.02 Å². The fourth-order valence-corrected chi connectivity index (χ4v) is 3.98. The molecule has 0 aliphatic carbocycles. The lowest BCUT2D eigenvalue weighted by atomic mass is 10.1. The number of aryl methyl sites for hydroxylation is 2. The number of benzene rings is 1. The zero-order valence-corrected chi connectivity index (χ0v) is 18.4. The van der Waals surface area contributed by atoms with E-state index < -0.39 is 12.0 Å². The second-order valence-corrected chi connectivity index (χ2v) is 8.30. The molecule has 32 heavy (non-hydrogen) atoms. The molecule has 1 aliphatic heterocycles. The van der Waals surface area contributed by atoms with Gasteiger partial charge >= 0.3 is 6.18 Å². The van der Waals surface area contributed by atoms with Crippen molar-refractivity contribution in [2.75, 3.05) is 26.2 Å². The topological polar surface area (TPSA) is 66.6 Å². The fraction of sp³-hybridized carbons (Fsp3) is 0.429. The van der Waals surface area contributed by atoms with Crippen LogP contribution in [0.1, 0.15) is 28.3 Å². The van der Waals surface area contributed by atoms with Crippen LogP contribution in [0.5, 0.6) is 0 Å². The molecule has 0 bridgehead atoms. The molecule has 3 heterocycles. The van der Waals surface area contributed by atoms with Crippen LogP contribution in [0.3, 0.4) is 0 Å². The SMILES string of the molecule is Cc1nc2nc(C(F)(F)F)nn2c(C)c1CC(=O)N1CCN(Cc2ccc(Cl)cc2)CC1. The number of hydrogen-bond acceptors (Lipinski definition) is 5. The maximum Gasteiger partial charge on any atom is 0.453 e. The Morgan fingerprint density at radius 2 is 1.72 bits per heavy atom. The van der Waals surface area contributed by atoms with Crippen molar-refractivity contribution in [2.24, 2.45) is 0 Å². The molecule has 1 aromatic carbocycles. The van der Waals surface area contributed by atoms with Crippen molar-refractivity contribution < 1.29 is 18.0 Å². The summed E-state index contributed by atoms with van der Waals surface area (Å²) in [7, 11) is 0. The van der Waals surface area contributed by atoms with E-state index in [2.05, 4.69) is 20.0 Å². The molecule has 7 nitrogen and oxygen atoms in total. The molecule has 0 spiro atoms. The number of nitrogens with zero attached hydrogens (tertiary/aromatic N) is 6. The summed E-state index contributed by atoms with van der Waals surface area (Å²) in [6.45, 7) is 6.73. The largest absolute Gasteiger partial charge is 0.453 e. The lowest BCUT2D eigenvalue weighted by Gasteiger charge is -2.35. The molecule has 11 heteroatoms. The lowest BCUT2D eigenvalue weighted by molar-refractivity contribution is -0.144. The molecule has 170 valence electrons. The van der Waals surface area contributed by atoms with Crippen molar-refractivity contribution in [3.8, 4) is 0 Å². The van der Waals surface area contributed by atoms with Gasteiger partial charge in [-0.1, -0.05) is 23.7 Å². The number of carbonyl (C=O) groups excluding carboxylic acids is 1. The van der Waals surface area contributed by atoms with Crippen molar-refractivity contribution in [3.05, 3.63) is 57.6 Å². The molecule has 0 radical (unpaired) electrons. The zero-order chi connectivity index (χ0) is 23.0. The zero-order valence-electron chi connectivity index (χ0n) is 17.7. The number of piperazine rings is 1. The minimum absolute atomic E-state index is 0.0546. The number of hydrogen-bond donors (Lipinski definition) is 0. The van der Waals surface area contributed by atoms with E-state index in [1.165, 1.54) is 0 Å². The van der Waals surface area contributed by atoms with E-state index in [1.54, 1.807) is 18.7 Å². The molecule has 1 saturated heterocycles. The van der Waals surface area contributed by atoms with Gasteiger partial charge in [-0.05, 0) is 31.5 Å². The summed E-state index contributed by atoms with van der Waals surface area (Å²) in [6.07, 6.45) is -4.60. The van der Waals surface area contributed by atoms with E-state index in [0.29, 0.717) is 35.1 Å². The van der Waals surface area contributed by atoms with Crippen LogP contribution in [0.15, 0.2) is 24.3 Å². The van der Waals surface area contributed by atoms with Crippen LogP contribution < -0.4 is 0 Å². The van der Waals surface area contributed by atoms with Gasteiger partial charge in [0.2, 0.25) is 5.91 Å². The van der Waals surface area contributed by atoms with Gasteiger partial charge in [0, 0.05) is 54.7 Å². The summed E-state index contributed by atoms with van der Waals surface area (Å²) in [5, 5.41) is 4.24. The van der Waals surface area contributed by atoms with E-state index in [-0.39, 0.29) is 18.1 Å². The van der Waals surface area contributed by atoms with Crippen molar-refractivity contribution in [1.82, 2.24) is 29.4 Å². The Hall–Kier alpha value is -2.72. The van der Waals surface area contributed by atoms with Gasteiger partial charge in [-0.2, -0.15) is 18.2 Å². The highest BCUT2D eigenvalue weighted by Gasteiger charge is 2.37. The molecule has 4 rings (SSSR count). The van der Waals surface area contributed by atoms with Gasteiger partial charge in [-0.25, -0.2) is 9.50 Å². The Labute approximate surface area is 187 Å². The normalized spacial score (nSPS) is 15.5. The molecule has 3 aromatic rings. The van der Waals surface area contributed by atoms with Crippen LogP contribution in [-0.4, -0.2) is 61.5 Å². The molecule has 1 aliphatic rings. The minimum Gasteiger partial charge on any atom is -0.340 e. The van der Waals surface area contributed by atoms with E-state index >= 15 is 0 Å². The maximum absolute atomic E-state index is 13.0. The average molecular weight is 467 g/mol. The van der Waals surface area contributed by atoms with Crippen molar-refractivity contribution >= 4 is 23.3 Å². The van der Waals surface area contributed by atoms with Crippen LogP contribution in [-0.2, 0) is 23.9 Å². The third-order valence-corrected chi connectivity index (χ3v) is 5.93. The maximum atomic E-state index is 13.0. The van der Waals surface area contributed by atoms with Crippen LogP contribution in [0, 0.1) is 13.8 Å². The number of fused-ring (bicyclic) bond motifs is 1. The lowest BCUT2D eigenvalue weighted by Crippen LogP contribution is -2.48. The number of carbonyl (C=O) groups is 1. The molecule has 2 aromatic heterocycles. The standard InChI is InChI=1S/C21H22ClF3N6O/c1-13-17(14(2)31-20(26-13)27-19(28-31)21(23,24)25)11-18(32)30-9-7-29(8-10-30)12-15-3-5-16(22)6-4-15/h3-6H,7-12H2,1-2H3. The average Bonchev–Trinajstić information content (AvgIpc) is 3.18. The first-order valence-corrected chi connectivity index (χ1v) is 10.5. The number of aromatic nitrogens is 4. The molecule has 0 saturated carbocycles. The third-order valence-electron chi connectivity index (χ3n) is 5.67. The molecule has 1 amide bonds. The van der Waals surface area contributed by atoms with Gasteiger partial charge in [0.15, 0.2) is 0 Å². The van der Waals surface area contributed by atoms with Gasteiger partial charge in [-0.3, -0.25) is 9.69 Å². The number of rotatable bonds is 4. The number of halogens is 4. The van der Waals surface area contributed by atoms with Crippen molar-refractivity contribution in [2.45, 2.75) is 33.0 Å². The van der Waals surface area contributed by atoms with Gasteiger partial charge in [0.1, 0.15) is 0 Å². The Morgan fingerprint density at radius 3 is 2.34 bits per heavy atom. The molecule has 0 unspecified atom stereocenters. The van der Waals surface area contributed by atoms with Crippen molar-refractivity contribution in [3.63, 3.8) is 0 Å². The van der Waals surface area contributed by atoms with Crippen LogP contribution in [0.4, 0.5) is 13.2 Å². The predicted molar refractivity (Wildman–Crippen MR) is 112 cm³/mol. The van der Waals surface area contributed by atoms with Crippen LogP contribution >= 0.6 is 11.6 Å². The summed E-state index contributed by atoms with van der Waals surface area (Å²) in [6, 6.07) is 7.70. The summed E-state index contributed by atoms with van der Waals surface area (Å²) in [5.41, 5.74) is 2.65. The van der Waals surface area contributed by atoms with Crippen molar-refractivity contribution in [1.29, 1.82) is 0 Å².